The Kier molecular flexibility index (Phi) is 5.73. The van der Waals surface area contributed by atoms with Crippen LogP contribution in [0, 0.1) is 0 Å². The van der Waals surface area contributed by atoms with E-state index < -0.39 is 0 Å². The Balaban J connectivity index is 1.90. The van der Waals surface area contributed by atoms with E-state index in [1.807, 2.05) is 11.7 Å². The van der Waals surface area contributed by atoms with E-state index in [2.05, 4.69) is 10.3 Å². The normalized spacial score (nSPS) is 10.5. The molecule has 3 nitrogen and oxygen atoms in total. The molecule has 0 aliphatic carbocycles. The Hall–Kier alpha value is -0.450. The maximum Gasteiger partial charge on any atom is 0.0794 e. The van der Waals surface area contributed by atoms with Gasteiger partial charge >= 0.3 is 0 Å². The van der Waals surface area contributed by atoms with E-state index in [9.17, 15) is 0 Å². The number of nitrogens with one attached hydrogen (secondary N) is 1. The second-order valence-electron chi connectivity index (χ2n) is 2.81. The highest BCUT2D eigenvalue weighted by Crippen LogP contribution is 2.07. The van der Waals surface area contributed by atoms with Gasteiger partial charge in [-0.1, -0.05) is 0 Å². The second kappa shape index (κ2) is 7.00. The fourth-order valence-electron chi connectivity index (χ4n) is 1.05. The number of thiazole rings is 1. The van der Waals surface area contributed by atoms with Crippen LogP contribution in [-0.4, -0.2) is 31.8 Å². The minimum absolute atomic E-state index is 0.792. The average Bonchev–Trinajstić information content (AvgIpc) is 2.63. The minimum atomic E-state index is 0.792. The summed E-state index contributed by atoms with van der Waals surface area (Å²) in [4.78, 5) is 5.40. The predicted molar refractivity (Wildman–Crippen MR) is 55.2 cm³/mol. The van der Waals surface area contributed by atoms with Gasteiger partial charge in [-0.2, -0.15) is 0 Å². The van der Waals surface area contributed by atoms with Crippen LogP contribution in [0.4, 0.5) is 0 Å². The first kappa shape index (κ1) is 10.6. The number of aryl methyl sites for hydroxylation is 1. The van der Waals surface area contributed by atoms with Crippen LogP contribution in [0.1, 0.15) is 11.3 Å². The molecular formula is C9H16N2OS. The van der Waals surface area contributed by atoms with Crippen molar-refractivity contribution >= 4 is 11.3 Å². The van der Waals surface area contributed by atoms with Crippen molar-refractivity contribution in [1.29, 1.82) is 0 Å². The van der Waals surface area contributed by atoms with Gasteiger partial charge in [0.2, 0.25) is 0 Å². The first-order valence-electron chi connectivity index (χ1n) is 4.50. The molecule has 0 fully saturated rings. The van der Waals surface area contributed by atoms with Crippen molar-refractivity contribution in [2.24, 2.45) is 0 Å². The molecule has 0 spiro atoms. The number of nitrogens with zero attached hydrogens (tertiary/aromatic N) is 1. The van der Waals surface area contributed by atoms with Crippen molar-refractivity contribution in [3.8, 4) is 0 Å². The summed E-state index contributed by atoms with van der Waals surface area (Å²) >= 11 is 1.73. The Labute approximate surface area is 83.1 Å². The summed E-state index contributed by atoms with van der Waals surface area (Å²) < 4.78 is 4.92. The van der Waals surface area contributed by atoms with Crippen molar-refractivity contribution < 1.29 is 4.74 Å². The van der Waals surface area contributed by atoms with Crippen molar-refractivity contribution in [2.45, 2.75) is 12.8 Å². The van der Waals surface area contributed by atoms with Gasteiger partial charge in [0.05, 0.1) is 12.1 Å². The van der Waals surface area contributed by atoms with Gasteiger partial charge in [0.15, 0.2) is 0 Å². The number of methoxy groups -OCH3 is 1. The van der Waals surface area contributed by atoms with Gasteiger partial charge < -0.3 is 10.1 Å². The standard InChI is InChI=1S/C9H16N2OS/c1-12-6-5-10-4-2-3-9-7-11-8-13-9/h7-8,10H,2-6H2,1H3. The van der Waals surface area contributed by atoms with E-state index >= 15 is 0 Å². The Morgan fingerprint density at radius 3 is 3.15 bits per heavy atom. The number of ether oxygens (including phenoxy) is 1. The Morgan fingerprint density at radius 2 is 2.46 bits per heavy atom. The number of hydrogen-bond donors (Lipinski definition) is 1. The van der Waals surface area contributed by atoms with Crippen LogP contribution in [0.3, 0.4) is 0 Å². The summed E-state index contributed by atoms with van der Waals surface area (Å²) in [5, 5.41) is 3.31. The predicted octanol–water partition coefficient (Wildman–Crippen LogP) is 1.31. The highest BCUT2D eigenvalue weighted by Gasteiger charge is 1.93. The highest BCUT2D eigenvalue weighted by molar-refractivity contribution is 7.09. The third-order valence-corrected chi connectivity index (χ3v) is 2.58. The first-order chi connectivity index (χ1) is 6.43. The molecule has 0 amide bonds. The number of aromatic nitrogens is 1. The number of rotatable bonds is 7. The van der Waals surface area contributed by atoms with Crippen LogP contribution in [0.2, 0.25) is 0 Å². The third-order valence-electron chi connectivity index (χ3n) is 1.74. The number of hydrogen-bond acceptors (Lipinski definition) is 4. The van der Waals surface area contributed by atoms with Crippen molar-refractivity contribution in [1.82, 2.24) is 10.3 Å². The first-order valence-corrected chi connectivity index (χ1v) is 5.38. The molecule has 0 aliphatic heterocycles. The Morgan fingerprint density at radius 1 is 1.54 bits per heavy atom. The lowest BCUT2D eigenvalue weighted by atomic mass is 10.3. The topological polar surface area (TPSA) is 34.1 Å². The van der Waals surface area contributed by atoms with E-state index in [-0.39, 0.29) is 0 Å². The molecule has 74 valence electrons. The zero-order valence-electron chi connectivity index (χ0n) is 7.95. The lowest BCUT2D eigenvalue weighted by Crippen LogP contribution is -2.20. The summed E-state index contributed by atoms with van der Waals surface area (Å²) in [6.45, 7) is 2.79. The molecule has 1 heterocycles. The van der Waals surface area contributed by atoms with Crippen molar-refractivity contribution in [2.75, 3.05) is 26.8 Å². The van der Waals surface area contributed by atoms with E-state index in [0.29, 0.717) is 0 Å². The monoisotopic (exact) mass is 200 g/mol. The van der Waals surface area contributed by atoms with Gasteiger partial charge in [0.1, 0.15) is 0 Å². The SMILES string of the molecule is COCCNCCCc1cncs1. The van der Waals surface area contributed by atoms with E-state index in [4.69, 9.17) is 4.74 Å². The van der Waals surface area contributed by atoms with Crippen LogP contribution < -0.4 is 5.32 Å². The summed E-state index contributed by atoms with van der Waals surface area (Å²) in [6, 6.07) is 0. The van der Waals surface area contributed by atoms with Crippen LogP contribution in [0.5, 0.6) is 0 Å². The fourth-order valence-corrected chi connectivity index (χ4v) is 1.69. The second-order valence-corrected chi connectivity index (χ2v) is 3.78. The molecule has 1 rings (SSSR count). The average molecular weight is 200 g/mol. The van der Waals surface area contributed by atoms with Crippen LogP contribution >= 0.6 is 11.3 Å². The van der Waals surface area contributed by atoms with Crippen molar-refractivity contribution in [3.05, 3.63) is 16.6 Å². The molecule has 0 aromatic carbocycles. The Bertz CT molecular complexity index is 201. The third kappa shape index (κ3) is 4.98. The molecule has 0 saturated carbocycles. The maximum atomic E-state index is 4.92. The molecule has 0 atom stereocenters. The summed E-state index contributed by atoms with van der Waals surface area (Å²) in [7, 11) is 1.72. The van der Waals surface area contributed by atoms with Gasteiger partial charge in [-0.05, 0) is 19.4 Å². The van der Waals surface area contributed by atoms with E-state index in [1.165, 1.54) is 11.3 Å². The van der Waals surface area contributed by atoms with E-state index in [0.717, 1.165) is 26.1 Å². The molecule has 1 aromatic heterocycles. The fraction of sp³-hybridized carbons (Fsp3) is 0.667. The zero-order valence-corrected chi connectivity index (χ0v) is 8.77. The van der Waals surface area contributed by atoms with E-state index in [1.54, 1.807) is 18.4 Å². The smallest absolute Gasteiger partial charge is 0.0794 e. The van der Waals surface area contributed by atoms with Gasteiger partial charge in [-0.15, -0.1) is 11.3 Å². The largest absolute Gasteiger partial charge is 0.383 e. The minimum Gasteiger partial charge on any atom is -0.383 e. The highest BCUT2D eigenvalue weighted by atomic mass is 32.1. The molecule has 1 aromatic rings. The van der Waals surface area contributed by atoms with Crippen LogP contribution in [0.15, 0.2) is 11.7 Å². The summed E-state index contributed by atoms with van der Waals surface area (Å²) in [6.07, 6.45) is 4.25. The molecule has 0 radical (unpaired) electrons. The summed E-state index contributed by atoms with van der Waals surface area (Å²) in [5.41, 5.74) is 1.88. The van der Waals surface area contributed by atoms with Gasteiger partial charge in [-0.3, -0.25) is 4.98 Å². The lowest BCUT2D eigenvalue weighted by molar-refractivity contribution is 0.199. The van der Waals surface area contributed by atoms with Gasteiger partial charge in [0.25, 0.3) is 0 Å². The lowest BCUT2D eigenvalue weighted by Gasteiger charge is -2.02. The molecule has 4 heteroatoms. The quantitative estimate of drug-likeness (QED) is 0.674. The zero-order chi connectivity index (χ0) is 9.36. The molecular weight excluding hydrogens is 184 g/mol. The van der Waals surface area contributed by atoms with Crippen LogP contribution in [0.25, 0.3) is 0 Å². The molecule has 0 saturated heterocycles. The van der Waals surface area contributed by atoms with Crippen molar-refractivity contribution in [3.63, 3.8) is 0 Å². The van der Waals surface area contributed by atoms with Gasteiger partial charge in [0, 0.05) is 24.7 Å². The maximum absolute atomic E-state index is 4.92. The molecule has 1 N–H and O–H groups in total. The molecule has 0 aliphatic rings. The molecule has 0 bridgehead atoms. The van der Waals surface area contributed by atoms with Crippen LogP contribution in [-0.2, 0) is 11.2 Å². The summed E-state index contributed by atoms with van der Waals surface area (Å²) in [5.74, 6) is 0. The van der Waals surface area contributed by atoms with Gasteiger partial charge in [-0.25, -0.2) is 0 Å². The molecule has 0 unspecified atom stereocenters. The molecule has 13 heavy (non-hydrogen) atoms.